The predicted molar refractivity (Wildman–Crippen MR) is 87.8 cm³/mol. The van der Waals surface area contributed by atoms with Gasteiger partial charge in [-0.2, -0.15) is 0 Å². The van der Waals surface area contributed by atoms with Gasteiger partial charge in [-0.05, 0) is 45.7 Å². The van der Waals surface area contributed by atoms with Crippen LogP contribution < -0.4 is 5.32 Å². The molecule has 4 rings (SSSR count). The minimum absolute atomic E-state index is 0.538. The first-order valence-corrected chi connectivity index (χ1v) is 8.75. The van der Waals surface area contributed by atoms with Gasteiger partial charge < -0.3 is 9.88 Å². The molecule has 1 aromatic rings. The van der Waals surface area contributed by atoms with Gasteiger partial charge in [0, 0.05) is 44.1 Å². The third kappa shape index (κ3) is 2.30. The highest BCUT2D eigenvalue weighted by atomic mass is 15.3. The lowest BCUT2D eigenvalue weighted by molar-refractivity contribution is -0.0314. The molecule has 122 valence electrons. The second-order valence-electron chi connectivity index (χ2n) is 7.97. The number of piperidine rings is 1. The average Bonchev–Trinajstić information content (AvgIpc) is 2.92. The molecule has 0 bridgehead atoms. The van der Waals surface area contributed by atoms with Crippen molar-refractivity contribution in [2.24, 2.45) is 5.41 Å². The van der Waals surface area contributed by atoms with Crippen molar-refractivity contribution in [2.45, 2.75) is 51.4 Å². The van der Waals surface area contributed by atoms with Crippen LogP contribution in [0.3, 0.4) is 0 Å². The van der Waals surface area contributed by atoms with Crippen molar-refractivity contribution in [3.8, 4) is 0 Å². The predicted octanol–water partition coefficient (Wildman–Crippen LogP) is 1.33. The van der Waals surface area contributed by atoms with Crippen LogP contribution in [-0.2, 0) is 6.54 Å². The van der Waals surface area contributed by atoms with E-state index in [4.69, 9.17) is 0 Å². The molecule has 0 aromatic carbocycles. The summed E-state index contributed by atoms with van der Waals surface area (Å²) >= 11 is 0. The zero-order valence-corrected chi connectivity index (χ0v) is 14.1. The molecule has 2 unspecified atom stereocenters. The van der Waals surface area contributed by atoms with Gasteiger partial charge in [0.25, 0.3) is 0 Å². The Labute approximate surface area is 133 Å². The quantitative estimate of drug-likeness (QED) is 0.894. The average molecular weight is 303 g/mol. The summed E-state index contributed by atoms with van der Waals surface area (Å²) in [6, 6.07) is 1.79. The van der Waals surface area contributed by atoms with E-state index in [-0.39, 0.29) is 0 Å². The van der Waals surface area contributed by atoms with E-state index < -0.39 is 0 Å². The van der Waals surface area contributed by atoms with Crippen LogP contribution >= 0.6 is 0 Å². The second kappa shape index (κ2) is 5.32. The number of hydrogen-bond acceptors (Lipinski definition) is 4. The Hall–Kier alpha value is -0.910. The molecule has 1 spiro atoms. The summed E-state index contributed by atoms with van der Waals surface area (Å²) in [6.45, 7) is 10.5. The van der Waals surface area contributed by atoms with Crippen LogP contribution in [0.25, 0.3) is 0 Å². The van der Waals surface area contributed by atoms with Crippen LogP contribution in [-0.4, -0.2) is 64.7 Å². The zero-order chi connectivity index (χ0) is 15.3. The topological polar surface area (TPSA) is 36.3 Å². The first kappa shape index (κ1) is 14.7. The number of fused-ring (bicyclic) bond motifs is 1. The van der Waals surface area contributed by atoms with Crippen LogP contribution in [0.15, 0.2) is 12.4 Å². The zero-order valence-electron chi connectivity index (χ0n) is 14.1. The minimum atomic E-state index is 0.538. The van der Waals surface area contributed by atoms with E-state index in [1.165, 1.54) is 38.3 Å². The van der Waals surface area contributed by atoms with Gasteiger partial charge in [0.1, 0.15) is 5.82 Å². The molecule has 3 aliphatic heterocycles. The smallest absolute Gasteiger partial charge is 0.123 e. The van der Waals surface area contributed by atoms with Gasteiger partial charge in [0.15, 0.2) is 0 Å². The van der Waals surface area contributed by atoms with Crippen LogP contribution in [0.5, 0.6) is 0 Å². The van der Waals surface area contributed by atoms with E-state index in [1.54, 1.807) is 0 Å². The monoisotopic (exact) mass is 303 g/mol. The van der Waals surface area contributed by atoms with E-state index in [1.807, 2.05) is 6.20 Å². The Morgan fingerprint density at radius 2 is 2.14 bits per heavy atom. The lowest BCUT2D eigenvalue weighted by Gasteiger charge is -2.55. The number of likely N-dealkylation sites (N-methyl/N-ethyl adjacent to an activating group) is 1. The summed E-state index contributed by atoms with van der Waals surface area (Å²) < 4.78 is 2.46. The van der Waals surface area contributed by atoms with Crippen LogP contribution in [0.1, 0.15) is 38.6 Å². The van der Waals surface area contributed by atoms with Crippen LogP contribution in [0, 0.1) is 5.41 Å². The summed E-state index contributed by atoms with van der Waals surface area (Å²) in [4.78, 5) is 9.77. The number of likely N-dealkylation sites (tertiary alicyclic amines) is 1. The third-order valence-electron chi connectivity index (χ3n) is 6.09. The molecule has 22 heavy (non-hydrogen) atoms. The molecule has 5 heteroatoms. The Kier molecular flexibility index (Phi) is 3.55. The molecule has 2 atom stereocenters. The van der Waals surface area contributed by atoms with E-state index in [2.05, 4.69) is 51.8 Å². The van der Waals surface area contributed by atoms with Crippen molar-refractivity contribution in [3.05, 3.63) is 18.2 Å². The Balaban J connectivity index is 1.65. The molecule has 0 saturated carbocycles. The molecule has 3 aliphatic rings. The number of hydrogen-bond donors (Lipinski definition) is 1. The third-order valence-corrected chi connectivity index (χ3v) is 6.09. The summed E-state index contributed by atoms with van der Waals surface area (Å²) in [5.74, 6) is 1.23. The summed E-state index contributed by atoms with van der Waals surface area (Å²) in [6.07, 6.45) is 6.86. The molecule has 0 radical (unpaired) electrons. The van der Waals surface area contributed by atoms with Gasteiger partial charge in [0.05, 0.1) is 12.6 Å². The van der Waals surface area contributed by atoms with Crippen molar-refractivity contribution in [2.75, 3.05) is 33.2 Å². The van der Waals surface area contributed by atoms with Gasteiger partial charge >= 0.3 is 0 Å². The fraction of sp³-hybridized carbons (Fsp3) is 0.824. The highest BCUT2D eigenvalue weighted by Gasteiger charge is 2.47. The largest absolute Gasteiger partial charge is 0.328 e. The van der Waals surface area contributed by atoms with E-state index in [0.29, 0.717) is 23.5 Å². The lowest BCUT2D eigenvalue weighted by Crippen LogP contribution is -2.64. The number of rotatable bonds is 2. The fourth-order valence-corrected chi connectivity index (χ4v) is 4.78. The standard InChI is InChI=1S/C17H29N5/c1-13(2)21-6-4-17(11-18-12-17)8-14(21)15-9-20(3)10-16-19-5-7-22(15)16/h5,7,13-15,18H,4,6,8-12H2,1-3H3. The number of nitrogens with one attached hydrogen (secondary N) is 1. The summed E-state index contributed by atoms with van der Waals surface area (Å²) in [5.41, 5.74) is 0.562. The van der Waals surface area contributed by atoms with Gasteiger partial charge in [0.2, 0.25) is 0 Å². The first-order valence-electron chi connectivity index (χ1n) is 8.75. The number of imidazole rings is 1. The van der Waals surface area contributed by atoms with Crippen molar-refractivity contribution < 1.29 is 0 Å². The second-order valence-corrected chi connectivity index (χ2v) is 7.97. The number of aromatic nitrogens is 2. The SMILES string of the molecule is CC(C)N1CCC2(CNC2)CC1C1CN(C)Cc2nccn21. The molecule has 4 heterocycles. The van der Waals surface area contributed by atoms with Crippen molar-refractivity contribution >= 4 is 0 Å². The Morgan fingerprint density at radius 3 is 2.82 bits per heavy atom. The van der Waals surface area contributed by atoms with Crippen molar-refractivity contribution in [3.63, 3.8) is 0 Å². The van der Waals surface area contributed by atoms with Gasteiger partial charge in [-0.3, -0.25) is 9.80 Å². The molecule has 2 saturated heterocycles. The van der Waals surface area contributed by atoms with E-state index in [0.717, 1.165) is 13.1 Å². The lowest BCUT2D eigenvalue weighted by atomic mass is 9.69. The van der Waals surface area contributed by atoms with Crippen LogP contribution in [0.4, 0.5) is 0 Å². The molecule has 1 aromatic heterocycles. The highest BCUT2D eigenvalue weighted by molar-refractivity contribution is 5.07. The molecule has 0 amide bonds. The van der Waals surface area contributed by atoms with Crippen molar-refractivity contribution in [1.29, 1.82) is 0 Å². The first-order chi connectivity index (χ1) is 10.6. The Bertz CT molecular complexity index is 533. The number of nitrogens with zero attached hydrogens (tertiary/aromatic N) is 4. The molecule has 5 nitrogen and oxygen atoms in total. The minimum Gasteiger partial charge on any atom is -0.328 e. The Morgan fingerprint density at radius 1 is 1.32 bits per heavy atom. The van der Waals surface area contributed by atoms with E-state index >= 15 is 0 Å². The van der Waals surface area contributed by atoms with Gasteiger partial charge in [-0.25, -0.2) is 4.98 Å². The molecular weight excluding hydrogens is 274 g/mol. The molecular formula is C17H29N5. The maximum absolute atomic E-state index is 4.58. The normalized spacial score (nSPS) is 32.2. The van der Waals surface area contributed by atoms with Crippen LogP contribution in [0.2, 0.25) is 0 Å². The maximum atomic E-state index is 4.58. The summed E-state index contributed by atoms with van der Waals surface area (Å²) in [5, 5.41) is 3.51. The maximum Gasteiger partial charge on any atom is 0.123 e. The van der Waals surface area contributed by atoms with Gasteiger partial charge in [-0.1, -0.05) is 0 Å². The van der Waals surface area contributed by atoms with Gasteiger partial charge in [-0.15, -0.1) is 0 Å². The molecule has 2 fully saturated rings. The van der Waals surface area contributed by atoms with E-state index in [9.17, 15) is 0 Å². The molecule has 1 N–H and O–H groups in total. The summed E-state index contributed by atoms with van der Waals surface area (Å²) in [7, 11) is 2.23. The highest BCUT2D eigenvalue weighted by Crippen LogP contribution is 2.43. The molecule has 0 aliphatic carbocycles. The fourth-order valence-electron chi connectivity index (χ4n) is 4.78. The van der Waals surface area contributed by atoms with Crippen molar-refractivity contribution in [1.82, 2.24) is 24.7 Å².